The van der Waals surface area contributed by atoms with E-state index in [0.717, 1.165) is 24.2 Å². The van der Waals surface area contributed by atoms with Gasteiger partial charge in [0.25, 0.3) is 0 Å². The Morgan fingerprint density at radius 1 is 1.44 bits per heavy atom. The number of ether oxygens (including phenoxy) is 1. The van der Waals surface area contributed by atoms with Gasteiger partial charge >= 0.3 is 0 Å². The fourth-order valence-electron chi connectivity index (χ4n) is 1.64. The molecule has 0 aromatic heterocycles. The van der Waals surface area contributed by atoms with E-state index in [0.29, 0.717) is 5.92 Å². The van der Waals surface area contributed by atoms with Crippen molar-refractivity contribution in [1.82, 2.24) is 5.32 Å². The lowest BCUT2D eigenvalue weighted by atomic mass is 10.0. The van der Waals surface area contributed by atoms with Crippen molar-refractivity contribution in [3.05, 3.63) is 39.9 Å². The first-order valence-electron chi connectivity index (χ1n) is 6.29. The smallest absolute Gasteiger partial charge is 0.0587 e. The second-order valence-electron chi connectivity index (χ2n) is 4.60. The van der Waals surface area contributed by atoms with Gasteiger partial charge in [0.05, 0.1) is 6.61 Å². The van der Waals surface area contributed by atoms with Crippen molar-refractivity contribution in [3.8, 4) is 0 Å². The third-order valence-corrected chi connectivity index (χ3v) is 3.25. The van der Waals surface area contributed by atoms with Crippen LogP contribution in [-0.2, 0) is 4.74 Å². The highest BCUT2D eigenvalue weighted by atomic mass is 79.9. The molecule has 0 unspecified atom stereocenters. The largest absolute Gasteiger partial charge is 0.383 e. The van der Waals surface area contributed by atoms with Gasteiger partial charge in [0, 0.05) is 24.7 Å². The van der Waals surface area contributed by atoms with Crippen LogP contribution in [0.25, 0.3) is 6.08 Å². The molecule has 0 atom stereocenters. The van der Waals surface area contributed by atoms with E-state index in [1.165, 1.54) is 11.1 Å². The molecular weight excluding hydrogens is 290 g/mol. The summed E-state index contributed by atoms with van der Waals surface area (Å²) in [5.74, 6) is 0.541. The summed E-state index contributed by atoms with van der Waals surface area (Å²) in [6, 6.07) is 8.37. The lowest BCUT2D eigenvalue weighted by molar-refractivity contribution is 0.200. The van der Waals surface area contributed by atoms with Crippen LogP contribution in [0, 0.1) is 5.92 Å². The zero-order valence-corrected chi connectivity index (χ0v) is 13.0. The number of hydrogen-bond acceptors (Lipinski definition) is 2. The van der Waals surface area contributed by atoms with E-state index in [1.807, 2.05) is 6.07 Å². The van der Waals surface area contributed by atoms with Crippen LogP contribution in [0.3, 0.4) is 0 Å². The zero-order valence-electron chi connectivity index (χ0n) is 11.4. The minimum Gasteiger partial charge on any atom is -0.383 e. The Balaban J connectivity index is 2.66. The summed E-state index contributed by atoms with van der Waals surface area (Å²) >= 11 is 3.50. The summed E-state index contributed by atoms with van der Waals surface area (Å²) in [5, 5.41) is 3.40. The number of hydrogen-bond donors (Lipinski definition) is 1. The molecule has 18 heavy (non-hydrogen) atoms. The fraction of sp³-hybridized carbons (Fsp3) is 0.467. The minimum absolute atomic E-state index is 0.541. The molecule has 2 nitrogen and oxygen atoms in total. The van der Waals surface area contributed by atoms with Crippen LogP contribution in [0.5, 0.6) is 0 Å². The SMILES string of the molecule is COCCNCC(=Cc1cccc(Br)c1)C(C)C. The molecule has 0 spiro atoms. The molecule has 0 radical (unpaired) electrons. The van der Waals surface area contributed by atoms with Gasteiger partial charge in [0.2, 0.25) is 0 Å². The number of benzene rings is 1. The molecule has 1 aromatic rings. The fourth-order valence-corrected chi connectivity index (χ4v) is 2.06. The Morgan fingerprint density at radius 2 is 2.22 bits per heavy atom. The highest BCUT2D eigenvalue weighted by Crippen LogP contribution is 2.17. The van der Waals surface area contributed by atoms with Crippen LogP contribution < -0.4 is 5.32 Å². The molecule has 1 aromatic carbocycles. The maximum atomic E-state index is 5.03. The third kappa shape index (κ3) is 5.80. The minimum atomic E-state index is 0.541. The normalized spacial score (nSPS) is 12.2. The van der Waals surface area contributed by atoms with Gasteiger partial charge in [0.15, 0.2) is 0 Å². The van der Waals surface area contributed by atoms with Crippen LogP contribution in [-0.4, -0.2) is 26.8 Å². The molecular formula is C15H22BrNO. The predicted octanol–water partition coefficient (Wildman–Crippen LogP) is 3.72. The van der Waals surface area contributed by atoms with Crippen LogP contribution >= 0.6 is 15.9 Å². The van der Waals surface area contributed by atoms with E-state index in [4.69, 9.17) is 4.74 Å². The van der Waals surface area contributed by atoms with E-state index in [1.54, 1.807) is 7.11 Å². The first-order chi connectivity index (χ1) is 8.63. The second-order valence-corrected chi connectivity index (χ2v) is 5.51. The average Bonchev–Trinajstić information content (AvgIpc) is 2.33. The Kier molecular flexibility index (Phi) is 7.25. The maximum absolute atomic E-state index is 5.03. The average molecular weight is 312 g/mol. The van der Waals surface area contributed by atoms with E-state index >= 15 is 0 Å². The molecule has 3 heteroatoms. The molecule has 1 rings (SSSR count). The number of nitrogens with one attached hydrogen (secondary N) is 1. The van der Waals surface area contributed by atoms with Crippen molar-refractivity contribution in [1.29, 1.82) is 0 Å². The Labute approximate surface area is 119 Å². The lowest BCUT2D eigenvalue weighted by Crippen LogP contribution is -2.23. The van der Waals surface area contributed by atoms with Crippen molar-refractivity contribution in [2.24, 2.45) is 5.92 Å². The van der Waals surface area contributed by atoms with Crippen LogP contribution in [0.2, 0.25) is 0 Å². The monoisotopic (exact) mass is 311 g/mol. The first-order valence-corrected chi connectivity index (χ1v) is 7.08. The van der Waals surface area contributed by atoms with Gasteiger partial charge < -0.3 is 10.1 Å². The van der Waals surface area contributed by atoms with Crippen molar-refractivity contribution < 1.29 is 4.74 Å². The maximum Gasteiger partial charge on any atom is 0.0587 e. The van der Waals surface area contributed by atoms with Crippen molar-refractivity contribution in [3.63, 3.8) is 0 Å². The topological polar surface area (TPSA) is 21.3 Å². The summed E-state index contributed by atoms with van der Waals surface area (Å²) in [6.07, 6.45) is 2.26. The summed E-state index contributed by atoms with van der Waals surface area (Å²) in [5.41, 5.74) is 2.64. The van der Waals surface area contributed by atoms with Gasteiger partial charge in [-0.05, 0) is 23.6 Å². The highest BCUT2D eigenvalue weighted by Gasteiger charge is 2.03. The first kappa shape index (κ1) is 15.4. The van der Waals surface area contributed by atoms with E-state index < -0.39 is 0 Å². The Hall–Kier alpha value is -0.640. The third-order valence-electron chi connectivity index (χ3n) is 2.75. The highest BCUT2D eigenvalue weighted by molar-refractivity contribution is 9.10. The molecule has 0 fully saturated rings. The van der Waals surface area contributed by atoms with Gasteiger partial charge in [-0.2, -0.15) is 0 Å². The Bertz CT molecular complexity index is 388. The lowest BCUT2D eigenvalue weighted by Gasteiger charge is -2.13. The molecule has 0 saturated carbocycles. The molecule has 0 heterocycles. The molecule has 0 aliphatic rings. The summed E-state index contributed by atoms with van der Waals surface area (Å²) < 4.78 is 6.15. The molecule has 0 saturated heterocycles. The molecule has 0 aliphatic heterocycles. The van der Waals surface area contributed by atoms with Gasteiger partial charge in [-0.25, -0.2) is 0 Å². The van der Waals surface area contributed by atoms with E-state index in [-0.39, 0.29) is 0 Å². The molecule has 0 bridgehead atoms. The predicted molar refractivity (Wildman–Crippen MR) is 81.7 cm³/mol. The quantitative estimate of drug-likeness (QED) is 0.775. The zero-order chi connectivity index (χ0) is 13.4. The van der Waals surface area contributed by atoms with Gasteiger partial charge in [-0.3, -0.25) is 0 Å². The second kappa shape index (κ2) is 8.46. The van der Waals surface area contributed by atoms with Gasteiger partial charge in [-0.15, -0.1) is 0 Å². The summed E-state index contributed by atoms with van der Waals surface area (Å²) in [7, 11) is 1.72. The van der Waals surface area contributed by atoms with E-state index in [2.05, 4.69) is 59.4 Å². The standard InChI is InChI=1S/C15H22BrNO/c1-12(2)14(11-17-7-8-18-3)9-13-5-4-6-15(16)10-13/h4-6,9-10,12,17H,7-8,11H2,1-3H3. The van der Waals surface area contributed by atoms with Crippen molar-refractivity contribution in [2.75, 3.05) is 26.8 Å². The number of rotatable bonds is 7. The Morgan fingerprint density at radius 3 is 2.83 bits per heavy atom. The number of methoxy groups -OCH3 is 1. The molecule has 1 N–H and O–H groups in total. The number of halogens is 1. The van der Waals surface area contributed by atoms with E-state index in [9.17, 15) is 0 Å². The van der Waals surface area contributed by atoms with Crippen LogP contribution in [0.15, 0.2) is 34.3 Å². The van der Waals surface area contributed by atoms with Gasteiger partial charge in [-0.1, -0.05) is 53.6 Å². The van der Waals surface area contributed by atoms with Crippen LogP contribution in [0.4, 0.5) is 0 Å². The molecule has 100 valence electrons. The summed E-state index contributed by atoms with van der Waals surface area (Å²) in [4.78, 5) is 0. The summed E-state index contributed by atoms with van der Waals surface area (Å²) in [6.45, 7) is 7.00. The molecule has 0 amide bonds. The van der Waals surface area contributed by atoms with Crippen molar-refractivity contribution >= 4 is 22.0 Å². The van der Waals surface area contributed by atoms with Gasteiger partial charge in [0.1, 0.15) is 0 Å². The van der Waals surface area contributed by atoms with Crippen LogP contribution in [0.1, 0.15) is 19.4 Å². The van der Waals surface area contributed by atoms with Crippen molar-refractivity contribution in [2.45, 2.75) is 13.8 Å². The molecule has 0 aliphatic carbocycles.